The number of anilines is 1. The fraction of sp³-hybridized carbons (Fsp3) is 0.143. The number of rotatable bonds is 2. The minimum atomic E-state index is -0.202. The number of amides is 1. The van der Waals surface area contributed by atoms with Crippen molar-refractivity contribution in [1.82, 2.24) is 9.55 Å². The summed E-state index contributed by atoms with van der Waals surface area (Å²) >= 11 is 0. The van der Waals surface area contributed by atoms with Gasteiger partial charge in [0.25, 0.3) is 5.91 Å². The highest BCUT2D eigenvalue weighted by Gasteiger charge is 2.15. The molecule has 1 amide bonds. The van der Waals surface area contributed by atoms with Crippen molar-refractivity contribution in [1.29, 1.82) is 0 Å². The third-order valence-corrected chi connectivity index (χ3v) is 3.05. The maximum Gasteiger partial charge on any atom is 0.273 e. The molecule has 3 heterocycles. The normalized spacial score (nSPS) is 10.8. The number of carbonyl (C=O) groups is 1. The first kappa shape index (κ1) is 11.5. The van der Waals surface area contributed by atoms with Crippen molar-refractivity contribution in [2.24, 2.45) is 7.05 Å². The number of furan rings is 1. The first-order chi connectivity index (χ1) is 9.15. The summed E-state index contributed by atoms with van der Waals surface area (Å²) in [6.07, 6.45) is 3.27. The molecule has 0 spiro atoms. The third-order valence-electron chi connectivity index (χ3n) is 3.05. The average molecular weight is 255 g/mol. The summed E-state index contributed by atoms with van der Waals surface area (Å²) in [7, 11) is 1.83. The second-order valence-corrected chi connectivity index (χ2v) is 4.43. The van der Waals surface area contributed by atoms with E-state index in [1.54, 1.807) is 23.1 Å². The van der Waals surface area contributed by atoms with E-state index in [4.69, 9.17) is 4.42 Å². The van der Waals surface area contributed by atoms with E-state index in [9.17, 15) is 4.79 Å². The van der Waals surface area contributed by atoms with Crippen LogP contribution in [0.4, 0.5) is 5.82 Å². The lowest BCUT2D eigenvalue weighted by atomic mass is 10.3. The predicted octanol–water partition coefficient (Wildman–Crippen LogP) is 2.73. The van der Waals surface area contributed by atoms with Crippen molar-refractivity contribution >= 4 is 22.8 Å². The van der Waals surface area contributed by atoms with Crippen LogP contribution in [0.5, 0.6) is 0 Å². The van der Waals surface area contributed by atoms with E-state index in [0.717, 1.165) is 11.1 Å². The minimum Gasteiger partial charge on any atom is -0.463 e. The Hall–Kier alpha value is -2.56. The van der Waals surface area contributed by atoms with Crippen LogP contribution >= 0.6 is 0 Å². The monoisotopic (exact) mass is 255 g/mol. The van der Waals surface area contributed by atoms with E-state index in [0.29, 0.717) is 17.1 Å². The van der Waals surface area contributed by atoms with Gasteiger partial charge in [0.05, 0.1) is 11.8 Å². The van der Waals surface area contributed by atoms with Crippen LogP contribution in [0.25, 0.3) is 11.1 Å². The highest BCUT2D eigenvalue weighted by atomic mass is 16.3. The number of aromatic nitrogens is 2. The molecular formula is C14H13N3O2. The lowest BCUT2D eigenvalue weighted by Gasteiger charge is -2.05. The molecule has 0 aliphatic carbocycles. The zero-order chi connectivity index (χ0) is 13.4. The predicted molar refractivity (Wildman–Crippen MR) is 72.1 cm³/mol. The zero-order valence-electron chi connectivity index (χ0n) is 10.7. The summed E-state index contributed by atoms with van der Waals surface area (Å²) in [5.74, 6) is 0.342. The molecule has 0 saturated carbocycles. The van der Waals surface area contributed by atoms with Crippen LogP contribution < -0.4 is 5.32 Å². The smallest absolute Gasteiger partial charge is 0.273 e. The van der Waals surface area contributed by atoms with Crippen LogP contribution in [-0.2, 0) is 7.05 Å². The first-order valence-electron chi connectivity index (χ1n) is 5.92. The second-order valence-electron chi connectivity index (χ2n) is 4.43. The van der Waals surface area contributed by atoms with Crippen LogP contribution in [0.3, 0.4) is 0 Å². The number of fused-ring (bicyclic) bond motifs is 1. The molecule has 0 fully saturated rings. The molecule has 0 bridgehead atoms. The largest absolute Gasteiger partial charge is 0.463 e. The average Bonchev–Trinajstić information content (AvgIpc) is 2.93. The summed E-state index contributed by atoms with van der Waals surface area (Å²) in [6, 6.07) is 7.26. The molecule has 0 atom stereocenters. The van der Waals surface area contributed by atoms with Gasteiger partial charge in [-0.3, -0.25) is 4.79 Å². The molecule has 0 aliphatic rings. The van der Waals surface area contributed by atoms with Crippen molar-refractivity contribution in [2.45, 2.75) is 6.92 Å². The van der Waals surface area contributed by atoms with Crippen molar-refractivity contribution in [3.63, 3.8) is 0 Å². The van der Waals surface area contributed by atoms with Crippen molar-refractivity contribution in [3.8, 4) is 0 Å². The lowest BCUT2D eigenvalue weighted by Crippen LogP contribution is -2.16. The Morgan fingerprint density at radius 1 is 1.37 bits per heavy atom. The SMILES string of the molecule is Cc1ccnc(NC(=O)c2cc3occc3n2C)c1. The van der Waals surface area contributed by atoms with Gasteiger partial charge in [0.1, 0.15) is 11.5 Å². The number of hydrogen-bond donors (Lipinski definition) is 1. The number of nitrogens with zero attached hydrogens (tertiary/aromatic N) is 2. The quantitative estimate of drug-likeness (QED) is 0.766. The standard InChI is InChI=1S/C14H13N3O2/c1-9-3-5-15-13(7-9)16-14(18)11-8-12-10(17(11)2)4-6-19-12/h3-8H,1-2H3,(H,15,16,18). The Morgan fingerprint density at radius 3 is 2.95 bits per heavy atom. The van der Waals surface area contributed by atoms with Gasteiger partial charge in [0.15, 0.2) is 5.58 Å². The van der Waals surface area contributed by atoms with E-state index < -0.39 is 0 Å². The molecule has 0 saturated heterocycles. The summed E-state index contributed by atoms with van der Waals surface area (Å²) in [4.78, 5) is 16.3. The molecule has 3 rings (SSSR count). The summed E-state index contributed by atoms with van der Waals surface area (Å²) in [5.41, 5.74) is 3.18. The molecule has 0 aromatic carbocycles. The van der Waals surface area contributed by atoms with E-state index in [1.807, 2.05) is 32.2 Å². The Labute approximate surface area is 109 Å². The van der Waals surface area contributed by atoms with Crippen LogP contribution in [0.2, 0.25) is 0 Å². The number of nitrogens with one attached hydrogen (secondary N) is 1. The fourth-order valence-electron chi connectivity index (χ4n) is 2.05. The fourth-order valence-corrected chi connectivity index (χ4v) is 2.05. The van der Waals surface area contributed by atoms with Gasteiger partial charge in [-0.2, -0.15) is 0 Å². The molecule has 0 radical (unpaired) electrons. The molecule has 5 nitrogen and oxygen atoms in total. The topological polar surface area (TPSA) is 60.1 Å². The van der Waals surface area contributed by atoms with Gasteiger partial charge in [-0.05, 0) is 24.6 Å². The van der Waals surface area contributed by atoms with Crippen molar-refractivity contribution in [3.05, 3.63) is 48.0 Å². The number of pyridine rings is 1. The summed E-state index contributed by atoms with van der Waals surface area (Å²) in [6.45, 7) is 1.95. The second kappa shape index (κ2) is 4.28. The van der Waals surface area contributed by atoms with Crippen LogP contribution in [0.15, 0.2) is 41.1 Å². The van der Waals surface area contributed by atoms with Gasteiger partial charge < -0.3 is 14.3 Å². The molecule has 5 heteroatoms. The molecule has 3 aromatic heterocycles. The summed E-state index contributed by atoms with van der Waals surface area (Å²) < 4.78 is 7.08. The molecule has 96 valence electrons. The highest BCUT2D eigenvalue weighted by Crippen LogP contribution is 2.20. The molecule has 3 aromatic rings. The van der Waals surface area contributed by atoms with Crippen molar-refractivity contribution in [2.75, 3.05) is 5.32 Å². The molecule has 19 heavy (non-hydrogen) atoms. The number of aryl methyl sites for hydroxylation is 2. The maximum atomic E-state index is 12.2. The Bertz CT molecular complexity index is 755. The van der Waals surface area contributed by atoms with E-state index in [1.165, 1.54) is 0 Å². The Balaban J connectivity index is 1.91. The van der Waals surface area contributed by atoms with E-state index >= 15 is 0 Å². The Morgan fingerprint density at radius 2 is 2.21 bits per heavy atom. The van der Waals surface area contributed by atoms with Gasteiger partial charge in [0, 0.05) is 25.4 Å². The first-order valence-corrected chi connectivity index (χ1v) is 5.92. The van der Waals surface area contributed by atoms with E-state index in [-0.39, 0.29) is 5.91 Å². The van der Waals surface area contributed by atoms with Gasteiger partial charge in [-0.15, -0.1) is 0 Å². The van der Waals surface area contributed by atoms with Gasteiger partial charge in [-0.25, -0.2) is 4.98 Å². The number of carbonyl (C=O) groups excluding carboxylic acids is 1. The minimum absolute atomic E-state index is 0.202. The van der Waals surface area contributed by atoms with E-state index in [2.05, 4.69) is 10.3 Å². The molecule has 1 N–H and O–H groups in total. The molecule has 0 aliphatic heterocycles. The highest BCUT2D eigenvalue weighted by molar-refractivity contribution is 6.05. The molecular weight excluding hydrogens is 242 g/mol. The molecule has 0 unspecified atom stereocenters. The van der Waals surface area contributed by atoms with Gasteiger partial charge >= 0.3 is 0 Å². The summed E-state index contributed by atoms with van der Waals surface area (Å²) in [5, 5.41) is 2.78. The Kier molecular flexibility index (Phi) is 2.59. The van der Waals surface area contributed by atoms with Crippen molar-refractivity contribution < 1.29 is 9.21 Å². The lowest BCUT2D eigenvalue weighted by molar-refractivity contribution is 0.101. The maximum absolute atomic E-state index is 12.2. The van der Waals surface area contributed by atoms with Gasteiger partial charge in [-0.1, -0.05) is 0 Å². The van der Waals surface area contributed by atoms with Gasteiger partial charge in [0.2, 0.25) is 0 Å². The van der Waals surface area contributed by atoms with Crippen LogP contribution in [-0.4, -0.2) is 15.5 Å². The van der Waals surface area contributed by atoms with Crippen LogP contribution in [0.1, 0.15) is 16.1 Å². The van der Waals surface area contributed by atoms with Crippen LogP contribution in [0, 0.1) is 6.92 Å². The third kappa shape index (κ3) is 1.99. The zero-order valence-corrected chi connectivity index (χ0v) is 10.7. The number of hydrogen-bond acceptors (Lipinski definition) is 3.